The highest BCUT2D eigenvalue weighted by Crippen LogP contribution is 2.41. The molecule has 128 valence electrons. The molecule has 3 rings (SSSR count). The first-order valence-electron chi connectivity index (χ1n) is 7.77. The molecule has 2 fully saturated rings. The average molecular weight is 333 g/mol. The molecule has 1 aromatic carbocycles. The van der Waals surface area contributed by atoms with Crippen LogP contribution in [0, 0.1) is 0 Å². The van der Waals surface area contributed by atoms with Crippen LogP contribution in [0.15, 0.2) is 30.3 Å². The molecular weight excluding hydrogens is 314 g/mol. The molecule has 0 aromatic heterocycles. The summed E-state index contributed by atoms with van der Waals surface area (Å²) in [7, 11) is 1.27. The van der Waals surface area contributed by atoms with E-state index in [1.807, 2.05) is 30.3 Å². The van der Waals surface area contributed by atoms with E-state index in [1.54, 1.807) is 0 Å². The minimum atomic E-state index is -0.757. The zero-order valence-electron chi connectivity index (χ0n) is 13.5. The SMILES string of the molecule is COC(=O)[C@@H]1C[C@H](OC(C)=O)CN1C(=O)C1OC1c1ccccc1. The molecule has 2 aliphatic heterocycles. The first-order chi connectivity index (χ1) is 11.5. The molecule has 2 heterocycles. The smallest absolute Gasteiger partial charge is 0.328 e. The molecule has 0 spiro atoms. The summed E-state index contributed by atoms with van der Waals surface area (Å²) in [5, 5.41) is 0. The number of ether oxygens (including phenoxy) is 3. The van der Waals surface area contributed by atoms with Crippen molar-refractivity contribution in [2.75, 3.05) is 13.7 Å². The van der Waals surface area contributed by atoms with Crippen LogP contribution in [-0.4, -0.2) is 54.7 Å². The molecule has 24 heavy (non-hydrogen) atoms. The van der Waals surface area contributed by atoms with Crippen molar-refractivity contribution in [3.8, 4) is 0 Å². The van der Waals surface area contributed by atoms with Crippen LogP contribution in [0.2, 0.25) is 0 Å². The molecule has 0 aliphatic carbocycles. The Bertz CT molecular complexity index is 646. The maximum atomic E-state index is 12.7. The minimum Gasteiger partial charge on any atom is -0.467 e. The highest BCUT2D eigenvalue weighted by atomic mass is 16.6. The summed E-state index contributed by atoms with van der Waals surface area (Å²) in [4.78, 5) is 37.2. The predicted octanol–water partition coefficient (Wildman–Crippen LogP) is 0.832. The summed E-state index contributed by atoms with van der Waals surface area (Å²) in [5.41, 5.74) is 0.918. The molecule has 0 saturated carbocycles. The molecule has 0 N–H and O–H groups in total. The van der Waals surface area contributed by atoms with Crippen LogP contribution in [0.1, 0.15) is 25.0 Å². The zero-order chi connectivity index (χ0) is 17.3. The van der Waals surface area contributed by atoms with Gasteiger partial charge in [0.2, 0.25) is 0 Å². The number of amides is 1. The van der Waals surface area contributed by atoms with Crippen LogP contribution >= 0.6 is 0 Å². The third-order valence-corrected chi connectivity index (χ3v) is 4.21. The van der Waals surface area contributed by atoms with E-state index in [0.717, 1.165) is 5.56 Å². The lowest BCUT2D eigenvalue weighted by atomic mass is 10.1. The van der Waals surface area contributed by atoms with Gasteiger partial charge < -0.3 is 19.1 Å². The summed E-state index contributed by atoms with van der Waals surface area (Å²) in [6.07, 6.45) is -1.19. The molecule has 4 atom stereocenters. The summed E-state index contributed by atoms with van der Waals surface area (Å²) in [6, 6.07) is 8.67. The van der Waals surface area contributed by atoms with Crippen molar-refractivity contribution >= 4 is 17.8 Å². The van der Waals surface area contributed by atoms with Gasteiger partial charge >= 0.3 is 11.9 Å². The summed E-state index contributed by atoms with van der Waals surface area (Å²) in [6.45, 7) is 1.46. The number of epoxide rings is 1. The average Bonchev–Trinajstić information content (AvgIpc) is 3.27. The second kappa shape index (κ2) is 6.60. The van der Waals surface area contributed by atoms with Gasteiger partial charge in [-0.25, -0.2) is 4.79 Å². The van der Waals surface area contributed by atoms with E-state index in [0.29, 0.717) is 0 Å². The van der Waals surface area contributed by atoms with Gasteiger partial charge in [-0.3, -0.25) is 9.59 Å². The van der Waals surface area contributed by atoms with Crippen molar-refractivity contribution in [1.29, 1.82) is 0 Å². The van der Waals surface area contributed by atoms with E-state index >= 15 is 0 Å². The first-order valence-corrected chi connectivity index (χ1v) is 7.77. The van der Waals surface area contributed by atoms with Gasteiger partial charge in [-0.15, -0.1) is 0 Å². The van der Waals surface area contributed by atoms with Crippen LogP contribution in [0.5, 0.6) is 0 Å². The fourth-order valence-electron chi connectivity index (χ4n) is 3.08. The highest BCUT2D eigenvalue weighted by Gasteiger charge is 2.52. The second-order valence-corrected chi connectivity index (χ2v) is 5.88. The van der Waals surface area contributed by atoms with E-state index in [2.05, 4.69) is 0 Å². The van der Waals surface area contributed by atoms with Crippen molar-refractivity contribution in [3.63, 3.8) is 0 Å². The van der Waals surface area contributed by atoms with Gasteiger partial charge in [-0.1, -0.05) is 30.3 Å². The molecule has 2 aliphatic rings. The van der Waals surface area contributed by atoms with E-state index in [9.17, 15) is 14.4 Å². The number of nitrogens with zero attached hydrogens (tertiary/aromatic N) is 1. The molecule has 7 heteroatoms. The Labute approximate surface area is 139 Å². The topological polar surface area (TPSA) is 85.4 Å². The molecular formula is C17H19NO6. The van der Waals surface area contributed by atoms with Gasteiger partial charge in [-0.2, -0.15) is 0 Å². The summed E-state index contributed by atoms with van der Waals surface area (Å²) < 4.78 is 15.4. The monoisotopic (exact) mass is 333 g/mol. The second-order valence-electron chi connectivity index (χ2n) is 5.88. The highest BCUT2D eigenvalue weighted by molar-refractivity contribution is 5.89. The predicted molar refractivity (Wildman–Crippen MR) is 81.7 cm³/mol. The van der Waals surface area contributed by atoms with Crippen molar-refractivity contribution in [2.24, 2.45) is 0 Å². The Hall–Kier alpha value is -2.41. The third kappa shape index (κ3) is 3.26. The van der Waals surface area contributed by atoms with E-state index in [1.165, 1.54) is 18.9 Å². The molecule has 7 nitrogen and oxygen atoms in total. The number of esters is 2. The minimum absolute atomic E-state index is 0.166. The van der Waals surface area contributed by atoms with Crippen molar-refractivity contribution in [2.45, 2.75) is 37.7 Å². The lowest BCUT2D eigenvalue weighted by molar-refractivity contribution is -0.151. The van der Waals surface area contributed by atoms with E-state index < -0.39 is 30.2 Å². The van der Waals surface area contributed by atoms with E-state index in [4.69, 9.17) is 14.2 Å². The zero-order valence-corrected chi connectivity index (χ0v) is 13.5. The van der Waals surface area contributed by atoms with Gasteiger partial charge in [-0.05, 0) is 5.56 Å². The van der Waals surface area contributed by atoms with Crippen molar-refractivity contribution in [1.82, 2.24) is 4.90 Å². The van der Waals surface area contributed by atoms with E-state index in [-0.39, 0.29) is 25.0 Å². The number of carbonyl (C=O) groups is 3. The molecule has 0 radical (unpaired) electrons. The largest absolute Gasteiger partial charge is 0.467 e. The van der Waals surface area contributed by atoms with Gasteiger partial charge in [0.15, 0.2) is 6.10 Å². The lowest BCUT2D eigenvalue weighted by Crippen LogP contribution is -2.43. The molecule has 1 aromatic rings. The fraction of sp³-hybridized carbons (Fsp3) is 0.471. The van der Waals surface area contributed by atoms with Crippen molar-refractivity contribution < 1.29 is 28.6 Å². The van der Waals surface area contributed by atoms with Crippen LogP contribution in [0.4, 0.5) is 0 Å². The first kappa shape index (κ1) is 16.4. The number of benzene rings is 1. The fourth-order valence-corrected chi connectivity index (χ4v) is 3.08. The van der Waals surface area contributed by atoms with Gasteiger partial charge in [0.05, 0.1) is 13.7 Å². The van der Waals surface area contributed by atoms with Gasteiger partial charge in [0.25, 0.3) is 5.91 Å². The summed E-state index contributed by atoms with van der Waals surface area (Å²) in [5.74, 6) is -1.24. The summed E-state index contributed by atoms with van der Waals surface area (Å²) >= 11 is 0. The Morgan fingerprint density at radius 1 is 1.21 bits per heavy atom. The number of carbonyl (C=O) groups excluding carboxylic acids is 3. The Balaban J connectivity index is 1.70. The Kier molecular flexibility index (Phi) is 4.53. The number of likely N-dealkylation sites (tertiary alicyclic amines) is 1. The molecule has 1 amide bonds. The Morgan fingerprint density at radius 3 is 2.54 bits per heavy atom. The van der Waals surface area contributed by atoms with Crippen molar-refractivity contribution in [3.05, 3.63) is 35.9 Å². The van der Waals surface area contributed by atoms with Gasteiger partial charge in [0, 0.05) is 13.3 Å². The quantitative estimate of drug-likeness (QED) is 0.599. The Morgan fingerprint density at radius 2 is 1.92 bits per heavy atom. The number of rotatable bonds is 4. The number of hydrogen-bond donors (Lipinski definition) is 0. The maximum absolute atomic E-state index is 12.7. The number of methoxy groups -OCH3 is 1. The van der Waals surface area contributed by atoms with Crippen LogP contribution in [-0.2, 0) is 28.6 Å². The molecule has 2 saturated heterocycles. The third-order valence-electron chi connectivity index (χ3n) is 4.21. The lowest BCUT2D eigenvalue weighted by Gasteiger charge is -2.21. The number of hydrogen-bond acceptors (Lipinski definition) is 6. The normalized spacial score (nSPS) is 28.3. The molecule has 2 unspecified atom stereocenters. The van der Waals surface area contributed by atoms with Gasteiger partial charge in [0.1, 0.15) is 18.2 Å². The maximum Gasteiger partial charge on any atom is 0.328 e. The van der Waals surface area contributed by atoms with Crippen LogP contribution in [0.3, 0.4) is 0 Å². The standard InChI is InChI=1S/C17H19NO6/c1-10(19)23-12-8-13(17(21)22-2)18(9-12)16(20)15-14(24-15)11-6-4-3-5-7-11/h3-7,12-15H,8-9H2,1-2H3/t12-,13-,14?,15?/m0/s1. The van der Waals surface area contributed by atoms with Crippen LogP contribution < -0.4 is 0 Å². The molecule has 0 bridgehead atoms. The van der Waals surface area contributed by atoms with Crippen LogP contribution in [0.25, 0.3) is 0 Å².